The van der Waals surface area contributed by atoms with Gasteiger partial charge in [0, 0.05) is 18.8 Å². The van der Waals surface area contributed by atoms with E-state index in [1.807, 2.05) is 0 Å². The van der Waals surface area contributed by atoms with Gasteiger partial charge in [-0.1, -0.05) is 0 Å². The van der Waals surface area contributed by atoms with Crippen LogP contribution in [0.15, 0.2) is 0 Å². The first-order valence-electron chi connectivity index (χ1n) is 3.75. The summed E-state index contributed by atoms with van der Waals surface area (Å²) in [7, 11) is 0. The number of primary amides is 1. The van der Waals surface area contributed by atoms with Gasteiger partial charge in [-0.05, 0) is 12.8 Å². The van der Waals surface area contributed by atoms with Crippen LogP contribution in [-0.2, 0) is 4.79 Å². The van der Waals surface area contributed by atoms with Gasteiger partial charge in [-0.15, -0.1) is 0 Å². The topological polar surface area (TPSA) is 83.6 Å². The summed E-state index contributed by atoms with van der Waals surface area (Å²) in [6, 6.07) is 0. The van der Waals surface area contributed by atoms with Crippen LogP contribution in [0.4, 0.5) is 0 Å². The lowest BCUT2D eigenvalue weighted by Crippen LogP contribution is -2.39. The second-order valence-corrected chi connectivity index (χ2v) is 3.18. The summed E-state index contributed by atoms with van der Waals surface area (Å²) in [5, 5.41) is 18.3. The normalized spacial score (nSPS) is 29.8. The Morgan fingerprint density at radius 2 is 2.18 bits per heavy atom. The van der Waals surface area contributed by atoms with E-state index in [4.69, 9.17) is 15.9 Å². The molecule has 0 radical (unpaired) electrons. The van der Waals surface area contributed by atoms with Crippen LogP contribution in [0.3, 0.4) is 0 Å². The molecule has 1 aliphatic carbocycles. The Morgan fingerprint density at radius 3 is 2.55 bits per heavy atom. The zero-order chi connectivity index (χ0) is 8.48. The summed E-state index contributed by atoms with van der Waals surface area (Å²) in [6.07, 6.45) is 1.76. The molecule has 0 aliphatic heterocycles. The van der Waals surface area contributed by atoms with Crippen molar-refractivity contribution in [1.82, 2.24) is 0 Å². The zero-order valence-corrected chi connectivity index (χ0v) is 6.29. The summed E-state index contributed by atoms with van der Waals surface area (Å²) < 4.78 is 0. The Labute approximate surface area is 65.0 Å². The van der Waals surface area contributed by atoms with Crippen LogP contribution in [0.2, 0.25) is 0 Å². The van der Waals surface area contributed by atoms with Crippen LogP contribution in [-0.4, -0.2) is 21.9 Å². The van der Waals surface area contributed by atoms with Crippen molar-refractivity contribution in [3.63, 3.8) is 0 Å². The third-order valence-electron chi connectivity index (χ3n) is 2.11. The molecule has 0 aromatic carbocycles. The summed E-state index contributed by atoms with van der Waals surface area (Å²) in [4.78, 5) is 10.6. The number of rotatable bonds is 1. The number of carbonyl (C=O) groups excluding carboxylic acids is 1. The van der Waals surface area contributed by atoms with Gasteiger partial charge < -0.3 is 15.9 Å². The first kappa shape index (κ1) is 8.49. The largest absolute Gasteiger partial charge is 0.369 e. The van der Waals surface area contributed by atoms with Crippen molar-refractivity contribution in [2.45, 2.75) is 31.5 Å². The number of hydrogen-bond donors (Lipinski definition) is 3. The molecule has 0 bridgehead atoms. The lowest BCUT2D eigenvalue weighted by molar-refractivity contribution is -0.192. The Kier molecular flexibility index (Phi) is 2.15. The molecule has 1 atom stereocenters. The van der Waals surface area contributed by atoms with Gasteiger partial charge >= 0.3 is 0 Å². The molecule has 4 N–H and O–H groups in total. The van der Waals surface area contributed by atoms with Gasteiger partial charge in [-0.3, -0.25) is 4.79 Å². The van der Waals surface area contributed by atoms with E-state index in [9.17, 15) is 4.79 Å². The Bertz CT molecular complexity index is 167. The lowest BCUT2D eigenvalue weighted by Gasteiger charge is -2.30. The van der Waals surface area contributed by atoms with Crippen molar-refractivity contribution in [1.29, 1.82) is 0 Å². The van der Waals surface area contributed by atoms with Gasteiger partial charge in [-0.2, -0.15) is 0 Å². The molecule has 0 aromatic heterocycles. The Morgan fingerprint density at radius 1 is 1.55 bits per heavy atom. The molecule has 4 nitrogen and oxygen atoms in total. The van der Waals surface area contributed by atoms with Gasteiger partial charge in [0.1, 0.15) is 0 Å². The smallest absolute Gasteiger partial charge is 0.220 e. The van der Waals surface area contributed by atoms with E-state index in [-0.39, 0.29) is 12.3 Å². The molecule has 0 spiro atoms. The van der Waals surface area contributed by atoms with E-state index in [1.165, 1.54) is 0 Å². The van der Waals surface area contributed by atoms with E-state index in [1.54, 1.807) is 0 Å². The van der Waals surface area contributed by atoms with Crippen LogP contribution in [0, 0.1) is 5.92 Å². The fraction of sp³-hybridized carbons (Fsp3) is 0.857. The zero-order valence-electron chi connectivity index (χ0n) is 6.29. The average molecular weight is 159 g/mol. The number of aliphatic hydroxyl groups is 2. The van der Waals surface area contributed by atoms with E-state index in [2.05, 4.69) is 0 Å². The highest BCUT2D eigenvalue weighted by Gasteiger charge is 2.34. The van der Waals surface area contributed by atoms with E-state index >= 15 is 0 Å². The highest BCUT2D eigenvalue weighted by molar-refractivity contribution is 5.76. The summed E-state index contributed by atoms with van der Waals surface area (Å²) in [5.41, 5.74) is 5.03. The maximum Gasteiger partial charge on any atom is 0.220 e. The number of carbonyl (C=O) groups is 1. The Hall–Kier alpha value is -0.610. The highest BCUT2D eigenvalue weighted by Crippen LogP contribution is 2.29. The molecule has 11 heavy (non-hydrogen) atoms. The van der Waals surface area contributed by atoms with Gasteiger partial charge in [-0.25, -0.2) is 0 Å². The first-order valence-corrected chi connectivity index (χ1v) is 3.75. The number of hydrogen-bond acceptors (Lipinski definition) is 3. The van der Waals surface area contributed by atoms with E-state index < -0.39 is 11.7 Å². The van der Waals surface area contributed by atoms with Crippen LogP contribution in [0.5, 0.6) is 0 Å². The lowest BCUT2D eigenvalue weighted by atomic mass is 9.84. The fourth-order valence-electron chi connectivity index (χ4n) is 1.47. The first-order chi connectivity index (χ1) is 5.01. The second-order valence-electron chi connectivity index (χ2n) is 3.18. The van der Waals surface area contributed by atoms with Crippen molar-refractivity contribution in [3.8, 4) is 0 Å². The van der Waals surface area contributed by atoms with Gasteiger partial charge in [0.15, 0.2) is 5.79 Å². The van der Waals surface area contributed by atoms with Gasteiger partial charge in [0.2, 0.25) is 5.91 Å². The molecule has 1 fully saturated rings. The monoisotopic (exact) mass is 159 g/mol. The molecule has 1 rings (SSSR count). The molecule has 4 heteroatoms. The van der Waals surface area contributed by atoms with Crippen molar-refractivity contribution < 1.29 is 15.0 Å². The van der Waals surface area contributed by atoms with Crippen molar-refractivity contribution in [2.24, 2.45) is 11.7 Å². The molecule has 1 amide bonds. The molecule has 1 saturated carbocycles. The van der Waals surface area contributed by atoms with Gasteiger partial charge in [0.05, 0.1) is 0 Å². The second kappa shape index (κ2) is 2.79. The standard InChI is InChI=1S/C7H13NO3/c8-6(9)5-2-1-3-7(10,11)4-5/h5,10-11H,1-4H2,(H2,8,9). The molecule has 64 valence electrons. The summed E-state index contributed by atoms with van der Waals surface area (Å²) in [6.45, 7) is 0. The van der Waals surface area contributed by atoms with Crippen LogP contribution >= 0.6 is 0 Å². The average Bonchev–Trinajstić information content (AvgIpc) is 1.85. The van der Waals surface area contributed by atoms with Crippen molar-refractivity contribution in [2.75, 3.05) is 0 Å². The van der Waals surface area contributed by atoms with E-state index in [0.29, 0.717) is 19.3 Å². The van der Waals surface area contributed by atoms with Crippen molar-refractivity contribution >= 4 is 5.91 Å². The molecule has 0 heterocycles. The molecular formula is C7H13NO3. The van der Waals surface area contributed by atoms with Gasteiger partial charge in [0.25, 0.3) is 0 Å². The molecular weight excluding hydrogens is 146 g/mol. The van der Waals surface area contributed by atoms with E-state index in [0.717, 1.165) is 0 Å². The fourth-order valence-corrected chi connectivity index (χ4v) is 1.47. The predicted octanol–water partition coefficient (Wildman–Crippen LogP) is -0.657. The summed E-state index contributed by atoms with van der Waals surface area (Å²) in [5.74, 6) is -2.46. The van der Waals surface area contributed by atoms with Crippen LogP contribution in [0.1, 0.15) is 25.7 Å². The predicted molar refractivity (Wildman–Crippen MR) is 38.3 cm³/mol. The quantitative estimate of drug-likeness (QED) is 0.444. The third kappa shape index (κ3) is 2.17. The number of nitrogens with two attached hydrogens (primary N) is 1. The van der Waals surface area contributed by atoms with Crippen LogP contribution in [0.25, 0.3) is 0 Å². The summed E-state index contributed by atoms with van der Waals surface area (Å²) >= 11 is 0. The minimum absolute atomic E-state index is 0.0856. The maximum atomic E-state index is 10.6. The Balaban J connectivity index is 2.53. The number of amides is 1. The van der Waals surface area contributed by atoms with Crippen molar-refractivity contribution in [3.05, 3.63) is 0 Å². The minimum Gasteiger partial charge on any atom is -0.369 e. The molecule has 0 saturated heterocycles. The SMILES string of the molecule is NC(=O)C1CCCC(O)(O)C1. The minimum atomic E-state index is -1.67. The molecule has 1 unspecified atom stereocenters. The highest BCUT2D eigenvalue weighted by atomic mass is 16.5. The van der Waals surface area contributed by atoms with Crippen LogP contribution < -0.4 is 5.73 Å². The third-order valence-corrected chi connectivity index (χ3v) is 2.11. The molecule has 1 aliphatic rings. The maximum absolute atomic E-state index is 10.6. The molecule has 0 aromatic rings.